The average Bonchev–Trinajstić information content (AvgIpc) is 3.02. The SMILES string of the molecule is CCc1ccccc1N1CC(C(=O)N2CCCCC2C(=O)O)CC1=O. The van der Waals surface area contributed by atoms with Gasteiger partial charge in [-0.25, -0.2) is 4.79 Å². The van der Waals surface area contributed by atoms with E-state index < -0.39 is 17.9 Å². The van der Waals surface area contributed by atoms with Gasteiger partial charge in [-0.1, -0.05) is 25.1 Å². The summed E-state index contributed by atoms with van der Waals surface area (Å²) in [5, 5.41) is 9.38. The van der Waals surface area contributed by atoms with E-state index in [0.29, 0.717) is 19.5 Å². The van der Waals surface area contributed by atoms with Gasteiger partial charge in [0.15, 0.2) is 0 Å². The van der Waals surface area contributed by atoms with Crippen molar-refractivity contribution in [2.24, 2.45) is 5.92 Å². The van der Waals surface area contributed by atoms with Crippen molar-refractivity contribution in [3.63, 3.8) is 0 Å². The van der Waals surface area contributed by atoms with Crippen LogP contribution in [0.2, 0.25) is 0 Å². The summed E-state index contributed by atoms with van der Waals surface area (Å²) in [7, 11) is 0. The normalized spacial score (nSPS) is 23.8. The van der Waals surface area contributed by atoms with Crippen LogP contribution < -0.4 is 4.90 Å². The van der Waals surface area contributed by atoms with Crippen molar-refractivity contribution < 1.29 is 19.5 Å². The van der Waals surface area contributed by atoms with Crippen LogP contribution in [0.4, 0.5) is 5.69 Å². The first-order valence-electron chi connectivity index (χ1n) is 8.94. The Kier molecular flexibility index (Phi) is 5.06. The molecule has 1 N–H and O–H groups in total. The summed E-state index contributed by atoms with van der Waals surface area (Å²) in [6.07, 6.45) is 3.09. The number of nitrogens with zero attached hydrogens (tertiary/aromatic N) is 2. The molecule has 2 atom stereocenters. The largest absolute Gasteiger partial charge is 0.480 e. The number of carboxylic acid groups (broad SMARTS) is 1. The Labute approximate surface area is 147 Å². The van der Waals surface area contributed by atoms with Gasteiger partial charge in [0.2, 0.25) is 11.8 Å². The van der Waals surface area contributed by atoms with E-state index in [-0.39, 0.29) is 18.2 Å². The van der Waals surface area contributed by atoms with E-state index in [1.54, 1.807) is 4.90 Å². The number of carboxylic acids is 1. The summed E-state index contributed by atoms with van der Waals surface area (Å²) >= 11 is 0. The molecule has 1 aromatic carbocycles. The number of benzene rings is 1. The number of piperidine rings is 1. The predicted molar refractivity (Wildman–Crippen MR) is 93.3 cm³/mol. The predicted octanol–water partition coefficient (Wildman–Crippen LogP) is 2.07. The zero-order valence-electron chi connectivity index (χ0n) is 14.5. The maximum atomic E-state index is 12.9. The summed E-state index contributed by atoms with van der Waals surface area (Å²) < 4.78 is 0. The van der Waals surface area contributed by atoms with E-state index in [9.17, 15) is 19.5 Å². The minimum atomic E-state index is -0.953. The summed E-state index contributed by atoms with van der Waals surface area (Å²) in [5.41, 5.74) is 1.93. The lowest BCUT2D eigenvalue weighted by Crippen LogP contribution is -2.50. The quantitative estimate of drug-likeness (QED) is 0.907. The van der Waals surface area contributed by atoms with E-state index >= 15 is 0 Å². The van der Waals surface area contributed by atoms with Crippen LogP contribution in [0.15, 0.2) is 24.3 Å². The van der Waals surface area contributed by atoms with Crippen molar-refractivity contribution in [2.45, 2.75) is 45.1 Å². The molecular formula is C19H24N2O4. The molecule has 2 unspecified atom stereocenters. The third-order valence-corrected chi connectivity index (χ3v) is 5.21. The van der Waals surface area contributed by atoms with Gasteiger partial charge in [0, 0.05) is 25.2 Å². The van der Waals surface area contributed by atoms with Crippen molar-refractivity contribution >= 4 is 23.5 Å². The Morgan fingerprint density at radius 2 is 2.00 bits per heavy atom. The van der Waals surface area contributed by atoms with Gasteiger partial charge in [0.25, 0.3) is 0 Å². The van der Waals surface area contributed by atoms with Crippen molar-refractivity contribution in [2.75, 3.05) is 18.0 Å². The Bertz CT molecular complexity index is 688. The van der Waals surface area contributed by atoms with Crippen LogP contribution in [-0.2, 0) is 20.8 Å². The number of amides is 2. The molecule has 2 saturated heterocycles. The van der Waals surface area contributed by atoms with Crippen LogP contribution in [0.25, 0.3) is 0 Å². The number of para-hydroxylation sites is 1. The number of likely N-dealkylation sites (tertiary alicyclic amines) is 1. The first kappa shape index (κ1) is 17.5. The van der Waals surface area contributed by atoms with Crippen LogP contribution in [0.3, 0.4) is 0 Å². The first-order valence-corrected chi connectivity index (χ1v) is 8.94. The van der Waals surface area contributed by atoms with Gasteiger partial charge in [0.05, 0.1) is 5.92 Å². The topological polar surface area (TPSA) is 77.9 Å². The standard InChI is InChI=1S/C19H24N2O4/c1-2-13-7-3-4-8-15(13)21-12-14(11-17(21)22)18(23)20-10-6-5-9-16(20)19(24)25/h3-4,7-8,14,16H,2,5-6,9-12H2,1H3,(H,24,25). The number of rotatable bonds is 4. The lowest BCUT2D eigenvalue weighted by Gasteiger charge is -2.34. The minimum Gasteiger partial charge on any atom is -0.480 e. The molecule has 0 bridgehead atoms. The fourth-order valence-electron chi connectivity index (χ4n) is 3.87. The summed E-state index contributed by atoms with van der Waals surface area (Å²) in [6, 6.07) is 6.97. The summed E-state index contributed by atoms with van der Waals surface area (Å²) in [4.78, 5) is 40.0. The van der Waals surface area contributed by atoms with Crippen LogP contribution >= 0.6 is 0 Å². The second kappa shape index (κ2) is 7.25. The molecule has 0 saturated carbocycles. The highest BCUT2D eigenvalue weighted by molar-refractivity contribution is 6.01. The van der Waals surface area contributed by atoms with Gasteiger partial charge in [-0.3, -0.25) is 9.59 Å². The second-order valence-electron chi connectivity index (χ2n) is 6.77. The molecule has 2 heterocycles. The third-order valence-electron chi connectivity index (χ3n) is 5.21. The van der Waals surface area contributed by atoms with Gasteiger partial charge < -0.3 is 14.9 Å². The van der Waals surface area contributed by atoms with E-state index in [4.69, 9.17) is 0 Å². The van der Waals surface area contributed by atoms with Crippen molar-refractivity contribution in [1.82, 2.24) is 4.90 Å². The number of anilines is 1. The van der Waals surface area contributed by atoms with Crippen LogP contribution in [0.1, 0.15) is 38.2 Å². The molecule has 6 heteroatoms. The Morgan fingerprint density at radius 3 is 2.72 bits per heavy atom. The highest BCUT2D eigenvalue weighted by Gasteiger charge is 2.41. The molecule has 2 aliphatic heterocycles. The average molecular weight is 344 g/mol. The van der Waals surface area contributed by atoms with Crippen molar-refractivity contribution in [3.8, 4) is 0 Å². The maximum Gasteiger partial charge on any atom is 0.326 e. The van der Waals surface area contributed by atoms with E-state index in [0.717, 1.165) is 30.5 Å². The van der Waals surface area contributed by atoms with Crippen LogP contribution in [0, 0.1) is 5.92 Å². The van der Waals surface area contributed by atoms with Gasteiger partial charge in [0.1, 0.15) is 6.04 Å². The first-order chi connectivity index (χ1) is 12.0. The molecule has 6 nitrogen and oxygen atoms in total. The van der Waals surface area contributed by atoms with E-state index in [1.807, 2.05) is 31.2 Å². The van der Waals surface area contributed by atoms with Crippen LogP contribution in [-0.4, -0.2) is 46.9 Å². The molecular weight excluding hydrogens is 320 g/mol. The number of hydrogen-bond acceptors (Lipinski definition) is 3. The molecule has 1 aromatic rings. The zero-order chi connectivity index (χ0) is 18.0. The molecule has 3 rings (SSSR count). The van der Waals surface area contributed by atoms with E-state index in [2.05, 4.69) is 0 Å². The minimum absolute atomic E-state index is 0.0665. The smallest absolute Gasteiger partial charge is 0.326 e. The highest BCUT2D eigenvalue weighted by atomic mass is 16.4. The fourth-order valence-corrected chi connectivity index (χ4v) is 3.87. The Balaban J connectivity index is 1.77. The van der Waals surface area contributed by atoms with Crippen molar-refractivity contribution in [3.05, 3.63) is 29.8 Å². The molecule has 0 spiro atoms. The summed E-state index contributed by atoms with van der Waals surface area (Å²) in [6.45, 7) is 2.83. The fraction of sp³-hybridized carbons (Fsp3) is 0.526. The molecule has 0 aromatic heterocycles. The molecule has 0 radical (unpaired) electrons. The number of carbonyl (C=O) groups excluding carboxylic acids is 2. The van der Waals surface area contributed by atoms with Gasteiger partial charge >= 0.3 is 5.97 Å². The lowest BCUT2D eigenvalue weighted by atomic mass is 9.98. The zero-order valence-corrected chi connectivity index (χ0v) is 14.5. The molecule has 134 valence electrons. The number of aryl methyl sites for hydroxylation is 1. The lowest BCUT2D eigenvalue weighted by molar-refractivity contribution is -0.153. The second-order valence-corrected chi connectivity index (χ2v) is 6.77. The van der Waals surface area contributed by atoms with Gasteiger partial charge in [-0.15, -0.1) is 0 Å². The van der Waals surface area contributed by atoms with Gasteiger partial charge in [-0.2, -0.15) is 0 Å². The maximum absolute atomic E-state index is 12.9. The van der Waals surface area contributed by atoms with Gasteiger partial charge in [-0.05, 0) is 37.3 Å². The molecule has 25 heavy (non-hydrogen) atoms. The van der Waals surface area contributed by atoms with E-state index in [1.165, 1.54) is 4.90 Å². The Morgan fingerprint density at radius 1 is 1.24 bits per heavy atom. The number of aliphatic carboxylic acids is 1. The molecule has 2 aliphatic rings. The number of carbonyl (C=O) groups is 3. The monoisotopic (exact) mass is 344 g/mol. The van der Waals surface area contributed by atoms with Crippen molar-refractivity contribution in [1.29, 1.82) is 0 Å². The molecule has 0 aliphatic carbocycles. The third kappa shape index (κ3) is 3.38. The molecule has 2 amide bonds. The highest BCUT2D eigenvalue weighted by Crippen LogP contribution is 2.30. The summed E-state index contributed by atoms with van der Waals surface area (Å²) in [5.74, 6) is -1.68. The number of hydrogen-bond donors (Lipinski definition) is 1. The van der Waals surface area contributed by atoms with Crippen LogP contribution in [0.5, 0.6) is 0 Å². The Hall–Kier alpha value is -2.37. The molecule has 2 fully saturated rings.